The third-order valence-corrected chi connectivity index (χ3v) is 5.57. The Bertz CT molecular complexity index is 570. The summed E-state index contributed by atoms with van der Waals surface area (Å²) in [4.78, 5) is 2.37. The molecule has 0 spiro atoms. The summed E-state index contributed by atoms with van der Waals surface area (Å²) in [6.07, 6.45) is 0.183. The van der Waals surface area contributed by atoms with Gasteiger partial charge in [-0.1, -0.05) is 6.07 Å². The number of anilines is 1. The zero-order valence-electron chi connectivity index (χ0n) is 14.0. The van der Waals surface area contributed by atoms with Crippen molar-refractivity contribution in [3.05, 3.63) is 29.3 Å². The van der Waals surface area contributed by atoms with E-state index in [1.54, 1.807) is 12.1 Å². The monoisotopic (exact) mass is 342 g/mol. The number of benzene rings is 1. The van der Waals surface area contributed by atoms with Gasteiger partial charge in [-0.3, -0.25) is 0 Å². The van der Waals surface area contributed by atoms with Gasteiger partial charge in [0.2, 0.25) is 0 Å². The van der Waals surface area contributed by atoms with Gasteiger partial charge < -0.3 is 15.4 Å². The molecule has 134 valence electrons. The molecule has 1 aliphatic carbocycles. The second-order valence-corrected chi connectivity index (χ2v) is 7.02. The van der Waals surface area contributed by atoms with E-state index in [1.807, 2.05) is 0 Å². The van der Waals surface area contributed by atoms with E-state index in [4.69, 9.17) is 10.5 Å². The second-order valence-electron chi connectivity index (χ2n) is 7.02. The Hall–Kier alpha value is -1.27. The van der Waals surface area contributed by atoms with Gasteiger partial charge >= 0.3 is 6.18 Å². The molecule has 2 unspecified atom stereocenters. The average molecular weight is 342 g/mol. The summed E-state index contributed by atoms with van der Waals surface area (Å²) < 4.78 is 45.4. The number of nitrogens with zero attached hydrogens (tertiary/aromatic N) is 1. The van der Waals surface area contributed by atoms with Crippen molar-refractivity contribution >= 4 is 5.69 Å². The summed E-state index contributed by atoms with van der Waals surface area (Å²) in [6, 6.07) is 5.05. The molecule has 2 N–H and O–H groups in total. The van der Waals surface area contributed by atoms with Gasteiger partial charge in [0.25, 0.3) is 0 Å². The molecule has 1 heterocycles. The minimum Gasteiger partial charge on any atom is -0.399 e. The number of hydrogen-bond acceptors (Lipinski definition) is 3. The molecular formula is C18H25F3N2O. The number of hydrogen-bond donors (Lipinski definition) is 1. The van der Waals surface area contributed by atoms with E-state index in [0.717, 1.165) is 51.4 Å². The van der Waals surface area contributed by atoms with Crippen LogP contribution in [0.1, 0.15) is 49.1 Å². The van der Waals surface area contributed by atoms with Crippen LogP contribution in [0.3, 0.4) is 0 Å². The topological polar surface area (TPSA) is 38.5 Å². The largest absolute Gasteiger partial charge is 0.416 e. The fourth-order valence-electron chi connectivity index (χ4n) is 4.18. The first-order valence-electron chi connectivity index (χ1n) is 8.62. The molecule has 1 saturated carbocycles. The van der Waals surface area contributed by atoms with Crippen LogP contribution < -0.4 is 5.73 Å². The second kappa shape index (κ2) is 6.92. The molecule has 6 heteroatoms. The zero-order chi connectivity index (χ0) is 17.3. The Balaban J connectivity index is 1.74. The molecular weight excluding hydrogens is 317 g/mol. The first-order valence-corrected chi connectivity index (χ1v) is 8.62. The molecule has 3 rings (SSSR count). The van der Waals surface area contributed by atoms with Gasteiger partial charge in [-0.15, -0.1) is 0 Å². The predicted octanol–water partition coefficient (Wildman–Crippen LogP) is 4.03. The molecule has 1 saturated heterocycles. The van der Waals surface area contributed by atoms with Gasteiger partial charge in [0.1, 0.15) is 0 Å². The van der Waals surface area contributed by atoms with Crippen LogP contribution in [0.25, 0.3) is 0 Å². The first kappa shape index (κ1) is 17.5. The smallest absolute Gasteiger partial charge is 0.399 e. The molecule has 0 amide bonds. The van der Waals surface area contributed by atoms with Crippen molar-refractivity contribution in [1.29, 1.82) is 0 Å². The number of halogens is 3. The van der Waals surface area contributed by atoms with Crippen LogP contribution in [0, 0.1) is 0 Å². The Morgan fingerprint density at radius 1 is 1.08 bits per heavy atom. The molecule has 1 aromatic rings. The number of nitrogens with two attached hydrogens (primary N) is 1. The number of ether oxygens (including phenoxy) is 1. The predicted molar refractivity (Wildman–Crippen MR) is 87.8 cm³/mol. The van der Waals surface area contributed by atoms with Crippen LogP contribution >= 0.6 is 0 Å². The standard InChI is InChI=1S/C18H25F3N2O/c1-23(14-6-8-24-9-7-14)15-4-2-12(10-15)16-5-3-13(22)11-17(16)18(19,20)21/h3,5,11-12,14-15H,2,4,6-10,22H2,1H3. The molecule has 0 aromatic heterocycles. The first-order chi connectivity index (χ1) is 11.4. The Morgan fingerprint density at radius 3 is 2.46 bits per heavy atom. The third-order valence-electron chi connectivity index (χ3n) is 5.57. The van der Waals surface area contributed by atoms with Gasteiger partial charge in [-0.05, 0) is 62.8 Å². The fourth-order valence-corrected chi connectivity index (χ4v) is 4.18. The van der Waals surface area contributed by atoms with E-state index in [9.17, 15) is 13.2 Å². The van der Waals surface area contributed by atoms with Gasteiger partial charge in [0, 0.05) is 31.0 Å². The van der Waals surface area contributed by atoms with E-state index >= 15 is 0 Å². The molecule has 3 nitrogen and oxygen atoms in total. The molecule has 0 radical (unpaired) electrons. The van der Waals surface area contributed by atoms with Crippen LogP contribution in [0.2, 0.25) is 0 Å². The van der Waals surface area contributed by atoms with E-state index < -0.39 is 11.7 Å². The van der Waals surface area contributed by atoms with Crippen molar-refractivity contribution in [3.63, 3.8) is 0 Å². The minimum atomic E-state index is -4.35. The maximum absolute atomic E-state index is 13.3. The zero-order valence-corrected chi connectivity index (χ0v) is 14.0. The highest BCUT2D eigenvalue weighted by Gasteiger charge is 2.39. The van der Waals surface area contributed by atoms with Crippen LogP contribution in [0.4, 0.5) is 18.9 Å². The Labute approximate surface area is 141 Å². The molecule has 2 aliphatic rings. The minimum absolute atomic E-state index is 0.0467. The summed E-state index contributed by atoms with van der Waals surface area (Å²) in [5.74, 6) is -0.0467. The van der Waals surface area contributed by atoms with E-state index in [2.05, 4.69) is 11.9 Å². The Morgan fingerprint density at radius 2 is 1.79 bits per heavy atom. The van der Waals surface area contributed by atoms with Gasteiger partial charge in [-0.25, -0.2) is 0 Å². The third kappa shape index (κ3) is 3.70. The highest BCUT2D eigenvalue weighted by atomic mass is 19.4. The highest BCUT2D eigenvalue weighted by Crippen LogP contribution is 2.43. The van der Waals surface area contributed by atoms with Crippen molar-refractivity contribution in [2.75, 3.05) is 26.0 Å². The van der Waals surface area contributed by atoms with Crippen molar-refractivity contribution in [2.45, 2.75) is 56.3 Å². The van der Waals surface area contributed by atoms with Crippen molar-refractivity contribution in [3.8, 4) is 0 Å². The lowest BCUT2D eigenvalue weighted by Gasteiger charge is -2.35. The molecule has 2 fully saturated rings. The quantitative estimate of drug-likeness (QED) is 0.843. The van der Waals surface area contributed by atoms with Gasteiger partial charge in [0.15, 0.2) is 0 Å². The SMILES string of the molecule is CN(C1CCOCC1)C1CCC(c2ccc(N)cc2C(F)(F)F)C1. The maximum atomic E-state index is 13.3. The van der Waals surface area contributed by atoms with Crippen molar-refractivity contribution in [2.24, 2.45) is 0 Å². The van der Waals surface area contributed by atoms with Crippen LogP contribution in [0.5, 0.6) is 0 Å². The highest BCUT2D eigenvalue weighted by molar-refractivity contribution is 5.47. The molecule has 24 heavy (non-hydrogen) atoms. The van der Waals surface area contributed by atoms with Crippen LogP contribution in [-0.2, 0) is 10.9 Å². The average Bonchev–Trinajstić information content (AvgIpc) is 3.04. The summed E-state index contributed by atoms with van der Waals surface area (Å²) in [5.41, 5.74) is 5.58. The normalized spacial score (nSPS) is 26.2. The molecule has 1 aromatic carbocycles. The Kier molecular flexibility index (Phi) is 5.06. The van der Waals surface area contributed by atoms with E-state index in [-0.39, 0.29) is 11.6 Å². The number of nitrogen functional groups attached to an aromatic ring is 1. The molecule has 0 bridgehead atoms. The summed E-state index contributed by atoms with van der Waals surface area (Å²) >= 11 is 0. The maximum Gasteiger partial charge on any atom is 0.416 e. The van der Waals surface area contributed by atoms with Crippen molar-refractivity contribution < 1.29 is 17.9 Å². The fraction of sp³-hybridized carbons (Fsp3) is 0.667. The van der Waals surface area contributed by atoms with Gasteiger partial charge in [0.05, 0.1) is 5.56 Å². The molecule has 1 aliphatic heterocycles. The number of rotatable bonds is 3. The van der Waals surface area contributed by atoms with E-state index in [1.165, 1.54) is 0 Å². The summed E-state index contributed by atoms with van der Waals surface area (Å²) in [5, 5.41) is 0. The lowest BCUT2D eigenvalue weighted by Crippen LogP contribution is -2.42. The van der Waals surface area contributed by atoms with E-state index in [0.29, 0.717) is 17.6 Å². The summed E-state index contributed by atoms with van der Waals surface area (Å²) in [6.45, 7) is 1.56. The molecule has 2 atom stereocenters. The lowest BCUT2D eigenvalue weighted by molar-refractivity contribution is -0.138. The van der Waals surface area contributed by atoms with Crippen LogP contribution in [0.15, 0.2) is 18.2 Å². The van der Waals surface area contributed by atoms with Crippen LogP contribution in [-0.4, -0.2) is 37.2 Å². The lowest BCUT2D eigenvalue weighted by atomic mass is 9.91. The van der Waals surface area contributed by atoms with Crippen molar-refractivity contribution in [1.82, 2.24) is 4.90 Å². The summed E-state index contributed by atoms with van der Waals surface area (Å²) in [7, 11) is 2.11. The van der Waals surface area contributed by atoms with Gasteiger partial charge in [-0.2, -0.15) is 13.2 Å². The number of alkyl halides is 3.